The molecule has 0 bridgehead atoms. The van der Waals surface area contributed by atoms with E-state index in [0.717, 1.165) is 6.07 Å². The molecular formula is C15H20F2N2O2. The molecule has 2 N–H and O–H groups in total. The van der Waals surface area contributed by atoms with Crippen LogP contribution >= 0.6 is 0 Å². The van der Waals surface area contributed by atoms with Gasteiger partial charge in [-0.3, -0.25) is 4.79 Å². The number of ether oxygens (including phenoxy) is 1. The molecule has 1 aliphatic heterocycles. The van der Waals surface area contributed by atoms with Gasteiger partial charge in [0, 0.05) is 32.3 Å². The van der Waals surface area contributed by atoms with Crippen molar-refractivity contribution >= 4 is 5.91 Å². The van der Waals surface area contributed by atoms with E-state index in [1.54, 1.807) is 12.0 Å². The molecule has 0 saturated carbocycles. The highest BCUT2D eigenvalue weighted by Crippen LogP contribution is 2.23. The van der Waals surface area contributed by atoms with Crippen molar-refractivity contribution in [3.05, 3.63) is 34.9 Å². The summed E-state index contributed by atoms with van der Waals surface area (Å²) in [5.74, 6) is -1.94. The van der Waals surface area contributed by atoms with Gasteiger partial charge in [0.05, 0.1) is 11.7 Å². The zero-order valence-electron chi connectivity index (χ0n) is 12.2. The van der Waals surface area contributed by atoms with Crippen LogP contribution in [0.15, 0.2) is 12.1 Å². The van der Waals surface area contributed by atoms with Crippen LogP contribution in [0.3, 0.4) is 0 Å². The van der Waals surface area contributed by atoms with Crippen LogP contribution in [-0.2, 0) is 4.74 Å². The lowest BCUT2D eigenvalue weighted by Gasteiger charge is -2.38. The van der Waals surface area contributed by atoms with E-state index in [0.29, 0.717) is 19.4 Å². The molecule has 1 amide bonds. The number of nitrogens with two attached hydrogens (primary N) is 1. The summed E-state index contributed by atoms with van der Waals surface area (Å²) in [5, 5.41) is 0. The summed E-state index contributed by atoms with van der Waals surface area (Å²) >= 11 is 0. The Labute approximate surface area is 122 Å². The predicted octanol–water partition coefficient (Wildman–Crippen LogP) is 1.85. The number of halogens is 2. The minimum atomic E-state index is -0.840. The molecule has 6 heteroatoms. The van der Waals surface area contributed by atoms with Crippen LogP contribution in [0, 0.1) is 18.6 Å². The van der Waals surface area contributed by atoms with Crippen molar-refractivity contribution in [1.82, 2.24) is 4.90 Å². The van der Waals surface area contributed by atoms with Gasteiger partial charge in [-0.1, -0.05) is 0 Å². The van der Waals surface area contributed by atoms with Gasteiger partial charge >= 0.3 is 0 Å². The lowest BCUT2D eigenvalue weighted by Crippen LogP contribution is -2.51. The summed E-state index contributed by atoms with van der Waals surface area (Å²) in [7, 11) is 1.62. The van der Waals surface area contributed by atoms with Crippen molar-refractivity contribution in [2.45, 2.75) is 31.9 Å². The molecule has 1 aromatic rings. The SMILES string of the molecule is CO[C@@H]1CCN(C(=O)c2cc(C)c(F)cc2F)[C@@H](CN)C1. The number of amides is 1. The van der Waals surface area contributed by atoms with Crippen molar-refractivity contribution in [2.75, 3.05) is 20.2 Å². The van der Waals surface area contributed by atoms with Gasteiger partial charge in [-0.05, 0) is 31.4 Å². The Morgan fingerprint density at radius 2 is 2.14 bits per heavy atom. The molecule has 0 aliphatic carbocycles. The standard InChI is InChI=1S/C15H20F2N2O2/c1-9-5-12(14(17)7-13(9)16)15(20)19-4-3-11(21-2)6-10(19)8-18/h5,7,10-11H,3-4,6,8,18H2,1-2H3/t10-,11-/m1/s1. The Balaban J connectivity index is 2.25. The highest BCUT2D eigenvalue weighted by molar-refractivity contribution is 5.95. The van der Waals surface area contributed by atoms with E-state index >= 15 is 0 Å². The second-order valence-electron chi connectivity index (χ2n) is 5.35. The van der Waals surface area contributed by atoms with Crippen LogP contribution in [0.2, 0.25) is 0 Å². The first-order valence-corrected chi connectivity index (χ1v) is 6.97. The first kappa shape index (κ1) is 15.9. The molecule has 2 rings (SSSR count). The Bertz CT molecular complexity index is 537. The number of rotatable bonds is 3. The highest BCUT2D eigenvalue weighted by atomic mass is 19.1. The molecule has 1 aliphatic rings. The largest absolute Gasteiger partial charge is 0.381 e. The molecular weight excluding hydrogens is 278 g/mol. The van der Waals surface area contributed by atoms with E-state index in [-0.39, 0.29) is 29.8 Å². The molecule has 1 aromatic carbocycles. The van der Waals surface area contributed by atoms with E-state index < -0.39 is 17.5 Å². The van der Waals surface area contributed by atoms with E-state index in [4.69, 9.17) is 10.5 Å². The average Bonchev–Trinajstić information content (AvgIpc) is 2.49. The number of likely N-dealkylation sites (tertiary alicyclic amines) is 1. The summed E-state index contributed by atoms with van der Waals surface area (Å²) in [4.78, 5) is 14.1. The smallest absolute Gasteiger partial charge is 0.257 e. The predicted molar refractivity (Wildman–Crippen MR) is 75.0 cm³/mol. The van der Waals surface area contributed by atoms with Gasteiger partial charge in [0.1, 0.15) is 11.6 Å². The Hall–Kier alpha value is -1.53. The third kappa shape index (κ3) is 3.22. The minimum Gasteiger partial charge on any atom is -0.381 e. The van der Waals surface area contributed by atoms with Crippen molar-refractivity contribution in [3.63, 3.8) is 0 Å². The summed E-state index contributed by atoms with van der Waals surface area (Å²) < 4.78 is 32.5. The number of carbonyl (C=O) groups is 1. The van der Waals surface area contributed by atoms with E-state index in [1.165, 1.54) is 13.0 Å². The van der Waals surface area contributed by atoms with Gasteiger partial charge < -0.3 is 15.4 Å². The van der Waals surface area contributed by atoms with E-state index in [9.17, 15) is 13.6 Å². The fourth-order valence-corrected chi connectivity index (χ4v) is 2.69. The second-order valence-corrected chi connectivity index (χ2v) is 5.35. The maximum Gasteiger partial charge on any atom is 0.257 e. The number of carbonyl (C=O) groups excluding carboxylic acids is 1. The molecule has 21 heavy (non-hydrogen) atoms. The minimum absolute atomic E-state index is 0.0578. The molecule has 116 valence electrons. The molecule has 1 saturated heterocycles. The van der Waals surface area contributed by atoms with E-state index in [2.05, 4.69) is 0 Å². The van der Waals surface area contributed by atoms with Gasteiger partial charge in [-0.25, -0.2) is 8.78 Å². The van der Waals surface area contributed by atoms with Gasteiger partial charge in [0.25, 0.3) is 5.91 Å². The Morgan fingerprint density at radius 1 is 1.43 bits per heavy atom. The quantitative estimate of drug-likeness (QED) is 0.926. The zero-order chi connectivity index (χ0) is 15.6. The molecule has 1 heterocycles. The zero-order valence-corrected chi connectivity index (χ0v) is 12.2. The normalized spacial score (nSPS) is 22.4. The Morgan fingerprint density at radius 3 is 2.76 bits per heavy atom. The van der Waals surface area contributed by atoms with Crippen LogP contribution in [-0.4, -0.2) is 43.2 Å². The van der Waals surface area contributed by atoms with Crippen LogP contribution in [0.1, 0.15) is 28.8 Å². The van der Waals surface area contributed by atoms with Crippen LogP contribution < -0.4 is 5.73 Å². The number of benzene rings is 1. The lowest BCUT2D eigenvalue weighted by atomic mass is 9.97. The summed E-state index contributed by atoms with van der Waals surface area (Å²) in [6.07, 6.45) is 1.36. The lowest BCUT2D eigenvalue weighted by molar-refractivity contribution is 0.0137. The molecule has 0 spiro atoms. The van der Waals surface area contributed by atoms with Gasteiger partial charge in [0.15, 0.2) is 0 Å². The first-order chi connectivity index (χ1) is 9.97. The maximum atomic E-state index is 13.9. The topological polar surface area (TPSA) is 55.6 Å². The Kier molecular flexibility index (Phi) is 4.90. The van der Waals surface area contributed by atoms with Gasteiger partial charge in [-0.2, -0.15) is 0 Å². The maximum absolute atomic E-state index is 13.9. The highest BCUT2D eigenvalue weighted by Gasteiger charge is 2.32. The van der Waals surface area contributed by atoms with Crippen LogP contribution in [0.5, 0.6) is 0 Å². The van der Waals surface area contributed by atoms with Crippen LogP contribution in [0.25, 0.3) is 0 Å². The van der Waals surface area contributed by atoms with Crippen molar-refractivity contribution < 1.29 is 18.3 Å². The third-order valence-corrected chi connectivity index (χ3v) is 4.01. The summed E-state index contributed by atoms with van der Waals surface area (Å²) in [5.41, 5.74) is 5.85. The number of aryl methyl sites for hydroxylation is 1. The van der Waals surface area contributed by atoms with Gasteiger partial charge in [-0.15, -0.1) is 0 Å². The monoisotopic (exact) mass is 298 g/mol. The fraction of sp³-hybridized carbons (Fsp3) is 0.533. The second kappa shape index (κ2) is 6.49. The molecule has 0 radical (unpaired) electrons. The molecule has 0 unspecified atom stereocenters. The average molecular weight is 298 g/mol. The van der Waals surface area contributed by atoms with Gasteiger partial charge in [0.2, 0.25) is 0 Å². The third-order valence-electron chi connectivity index (χ3n) is 4.01. The van der Waals surface area contributed by atoms with Crippen molar-refractivity contribution in [2.24, 2.45) is 5.73 Å². The molecule has 2 atom stereocenters. The molecule has 1 fully saturated rings. The fourth-order valence-electron chi connectivity index (χ4n) is 2.69. The van der Waals surface area contributed by atoms with E-state index in [1.807, 2.05) is 0 Å². The summed E-state index contributed by atoms with van der Waals surface area (Å²) in [6, 6.07) is 1.81. The number of methoxy groups -OCH3 is 1. The summed E-state index contributed by atoms with van der Waals surface area (Å²) in [6.45, 7) is 2.24. The first-order valence-electron chi connectivity index (χ1n) is 6.97. The molecule has 4 nitrogen and oxygen atoms in total. The number of hydrogen-bond acceptors (Lipinski definition) is 3. The number of piperidine rings is 1. The van der Waals surface area contributed by atoms with Crippen molar-refractivity contribution in [1.29, 1.82) is 0 Å². The van der Waals surface area contributed by atoms with Crippen molar-refractivity contribution in [3.8, 4) is 0 Å². The molecule has 0 aromatic heterocycles. The number of hydrogen-bond donors (Lipinski definition) is 1. The van der Waals surface area contributed by atoms with Crippen LogP contribution in [0.4, 0.5) is 8.78 Å². The number of nitrogens with zero attached hydrogens (tertiary/aromatic N) is 1.